The van der Waals surface area contributed by atoms with Crippen LogP contribution in [0.1, 0.15) is 0 Å². The van der Waals surface area contributed by atoms with Gasteiger partial charge in [-0.15, -0.1) is 0 Å². The minimum absolute atomic E-state index is 0.892. The number of hydrogen-bond donors (Lipinski definition) is 0. The van der Waals surface area contributed by atoms with Gasteiger partial charge >= 0.3 is 0 Å². The lowest BCUT2D eigenvalue weighted by Crippen LogP contribution is -2.09. The number of benzene rings is 12. The van der Waals surface area contributed by atoms with Gasteiger partial charge in [-0.3, -0.25) is 0 Å². The van der Waals surface area contributed by atoms with E-state index in [1.54, 1.807) is 0 Å². The van der Waals surface area contributed by atoms with Gasteiger partial charge in [0.25, 0.3) is 0 Å². The molecule has 14 aromatic rings. The number of para-hydroxylation sites is 2. The van der Waals surface area contributed by atoms with Crippen LogP contribution in [-0.4, -0.2) is 4.57 Å². The van der Waals surface area contributed by atoms with Gasteiger partial charge in [-0.2, -0.15) is 0 Å². The van der Waals surface area contributed by atoms with Crippen LogP contribution in [-0.2, 0) is 0 Å². The number of nitrogens with zero attached hydrogens (tertiary/aromatic N) is 2. The van der Waals surface area contributed by atoms with E-state index in [1.165, 1.54) is 60.2 Å². The lowest BCUT2D eigenvalue weighted by Gasteiger charge is -2.26. The molecule has 0 unspecified atom stereocenters. The molecule has 14 rings (SSSR count). The molecule has 0 spiro atoms. The molecule has 0 atom stereocenters. The van der Waals surface area contributed by atoms with Crippen molar-refractivity contribution in [3.05, 3.63) is 267 Å². The fourth-order valence-electron chi connectivity index (χ4n) is 10.9. The predicted molar refractivity (Wildman–Crippen MR) is 299 cm³/mol. The minimum Gasteiger partial charge on any atom is -0.455 e. The molecule has 2 aromatic heterocycles. The maximum absolute atomic E-state index is 6.58. The zero-order chi connectivity index (χ0) is 46.8. The van der Waals surface area contributed by atoms with Crippen molar-refractivity contribution in [3.8, 4) is 50.2 Å². The van der Waals surface area contributed by atoms with Crippen molar-refractivity contribution < 1.29 is 4.42 Å². The van der Waals surface area contributed by atoms with Gasteiger partial charge in [0.05, 0.1) is 11.0 Å². The largest absolute Gasteiger partial charge is 0.455 e. The number of rotatable bonds is 8. The van der Waals surface area contributed by atoms with Crippen LogP contribution in [0.3, 0.4) is 0 Å². The second-order valence-corrected chi connectivity index (χ2v) is 18.5. The van der Waals surface area contributed by atoms with Gasteiger partial charge in [0, 0.05) is 49.7 Å². The molecular formula is C68H44N2O. The first kappa shape index (κ1) is 40.6. The highest BCUT2D eigenvalue weighted by atomic mass is 16.3. The summed E-state index contributed by atoms with van der Waals surface area (Å²) in [5.74, 6) is 0. The zero-order valence-electron chi connectivity index (χ0n) is 38.7. The van der Waals surface area contributed by atoms with Crippen molar-refractivity contribution in [3.63, 3.8) is 0 Å². The Labute approximate surface area is 411 Å². The molecule has 332 valence electrons. The molecule has 0 aliphatic carbocycles. The van der Waals surface area contributed by atoms with E-state index in [0.29, 0.717) is 0 Å². The molecule has 0 aliphatic heterocycles. The van der Waals surface area contributed by atoms with Gasteiger partial charge in [0.1, 0.15) is 11.2 Å². The number of furan rings is 1. The fraction of sp³-hybridized carbons (Fsp3) is 0. The van der Waals surface area contributed by atoms with Crippen LogP contribution in [0.15, 0.2) is 271 Å². The summed E-state index contributed by atoms with van der Waals surface area (Å²) in [6, 6.07) is 96.6. The Morgan fingerprint density at radius 1 is 0.282 bits per heavy atom. The summed E-state index contributed by atoms with van der Waals surface area (Å²) in [5, 5.41) is 9.62. The fourth-order valence-corrected chi connectivity index (χ4v) is 10.9. The summed E-state index contributed by atoms with van der Waals surface area (Å²) in [7, 11) is 0. The molecule has 0 aliphatic rings. The van der Waals surface area contributed by atoms with Crippen molar-refractivity contribution in [2.75, 3.05) is 4.90 Å². The van der Waals surface area contributed by atoms with Crippen molar-refractivity contribution in [2.45, 2.75) is 0 Å². The molecule has 12 aromatic carbocycles. The van der Waals surface area contributed by atoms with Crippen LogP contribution >= 0.6 is 0 Å². The predicted octanol–water partition coefficient (Wildman–Crippen LogP) is 19.1. The molecule has 0 radical (unpaired) electrons. The normalized spacial score (nSPS) is 11.7. The molecular weight excluding hydrogens is 861 g/mol. The summed E-state index contributed by atoms with van der Waals surface area (Å²) >= 11 is 0. The molecule has 2 heterocycles. The quantitative estimate of drug-likeness (QED) is 0.151. The van der Waals surface area contributed by atoms with E-state index in [4.69, 9.17) is 4.42 Å². The Morgan fingerprint density at radius 2 is 0.732 bits per heavy atom. The number of hydrogen-bond acceptors (Lipinski definition) is 2. The van der Waals surface area contributed by atoms with Crippen LogP contribution in [0.2, 0.25) is 0 Å². The Balaban J connectivity index is 0.814. The SMILES string of the molecule is c1cc(-c2ccc(N(c3ccc(-c4ccc(-c5cccc6ccccc56)cc4)cc3)c3ccc(-c4ccc5c(c4)oc4c6ccccc6ccc54)cc3)cc2)cc(-n2c3ccccc3c3ccccc32)c1. The molecule has 0 amide bonds. The van der Waals surface area contributed by atoms with E-state index in [2.05, 4.69) is 276 Å². The van der Waals surface area contributed by atoms with E-state index >= 15 is 0 Å². The Morgan fingerprint density at radius 3 is 1.37 bits per heavy atom. The van der Waals surface area contributed by atoms with E-state index in [-0.39, 0.29) is 0 Å². The molecule has 0 fully saturated rings. The maximum atomic E-state index is 6.58. The first-order chi connectivity index (χ1) is 35.2. The smallest absolute Gasteiger partial charge is 0.143 e. The van der Waals surface area contributed by atoms with Gasteiger partial charge in [-0.05, 0) is 140 Å². The summed E-state index contributed by atoms with van der Waals surface area (Å²) in [5.41, 5.74) is 18.0. The average Bonchev–Trinajstić information content (AvgIpc) is 4.00. The van der Waals surface area contributed by atoms with Crippen LogP contribution in [0.25, 0.3) is 115 Å². The summed E-state index contributed by atoms with van der Waals surface area (Å²) in [6.45, 7) is 0. The second-order valence-electron chi connectivity index (χ2n) is 18.5. The van der Waals surface area contributed by atoms with Crippen LogP contribution in [0, 0.1) is 0 Å². The summed E-state index contributed by atoms with van der Waals surface area (Å²) in [6.07, 6.45) is 0. The van der Waals surface area contributed by atoms with Gasteiger partial charge in [-0.1, -0.05) is 188 Å². The lowest BCUT2D eigenvalue weighted by atomic mass is 9.96. The van der Waals surface area contributed by atoms with Crippen LogP contribution < -0.4 is 4.90 Å². The molecule has 0 saturated heterocycles. The lowest BCUT2D eigenvalue weighted by molar-refractivity contribution is 0.673. The molecule has 0 N–H and O–H groups in total. The van der Waals surface area contributed by atoms with Crippen molar-refractivity contribution in [2.24, 2.45) is 0 Å². The molecule has 0 saturated carbocycles. The first-order valence-electron chi connectivity index (χ1n) is 24.3. The summed E-state index contributed by atoms with van der Waals surface area (Å²) in [4.78, 5) is 2.35. The molecule has 3 nitrogen and oxygen atoms in total. The topological polar surface area (TPSA) is 21.3 Å². The van der Waals surface area contributed by atoms with Crippen LogP contribution in [0.5, 0.6) is 0 Å². The maximum Gasteiger partial charge on any atom is 0.143 e. The number of anilines is 3. The van der Waals surface area contributed by atoms with E-state index in [9.17, 15) is 0 Å². The highest BCUT2D eigenvalue weighted by Crippen LogP contribution is 2.41. The van der Waals surface area contributed by atoms with Crippen LogP contribution in [0.4, 0.5) is 17.1 Å². The number of fused-ring (bicyclic) bond motifs is 9. The Bertz CT molecular complexity index is 4250. The first-order valence-corrected chi connectivity index (χ1v) is 24.3. The highest BCUT2D eigenvalue weighted by Gasteiger charge is 2.17. The Kier molecular flexibility index (Phi) is 9.53. The van der Waals surface area contributed by atoms with Gasteiger partial charge in [0.2, 0.25) is 0 Å². The van der Waals surface area contributed by atoms with Crippen molar-refractivity contribution in [1.29, 1.82) is 0 Å². The minimum atomic E-state index is 0.892. The average molecular weight is 905 g/mol. The Hall–Kier alpha value is -9.44. The second kappa shape index (κ2) is 16.7. The van der Waals surface area contributed by atoms with E-state index in [0.717, 1.165) is 72.3 Å². The van der Waals surface area contributed by atoms with Crippen molar-refractivity contribution in [1.82, 2.24) is 4.57 Å². The molecule has 71 heavy (non-hydrogen) atoms. The summed E-state index contributed by atoms with van der Waals surface area (Å²) < 4.78 is 8.96. The third-order valence-corrected chi connectivity index (χ3v) is 14.4. The standard InChI is InChI=1S/C68H44N2O/c1-3-16-58-49(11-1)13-10-20-59(58)51-25-23-45(24-26-51)46-27-35-54(36-28-46)69(56-39-31-48(32-40-56)53-34-41-63-64-42-33-50-12-2-4-17-60(50)68(64)71-67(63)44-53)55-37-29-47(30-38-55)52-14-9-15-57(43-52)70-65-21-7-5-18-61(65)62-19-6-8-22-66(62)70/h1-44H. The van der Waals surface area contributed by atoms with E-state index in [1.807, 2.05) is 0 Å². The molecule has 0 bridgehead atoms. The van der Waals surface area contributed by atoms with Crippen molar-refractivity contribution >= 4 is 82.4 Å². The molecule has 3 heteroatoms. The monoisotopic (exact) mass is 904 g/mol. The van der Waals surface area contributed by atoms with Gasteiger partial charge in [0.15, 0.2) is 0 Å². The number of aromatic nitrogens is 1. The third-order valence-electron chi connectivity index (χ3n) is 14.4. The zero-order valence-corrected chi connectivity index (χ0v) is 38.7. The van der Waals surface area contributed by atoms with Gasteiger partial charge in [-0.25, -0.2) is 0 Å². The highest BCUT2D eigenvalue weighted by molar-refractivity contribution is 6.15. The van der Waals surface area contributed by atoms with E-state index < -0.39 is 0 Å². The third kappa shape index (κ3) is 6.97. The van der Waals surface area contributed by atoms with Gasteiger partial charge < -0.3 is 13.9 Å².